The molecule has 132 valence electrons. The topological polar surface area (TPSA) is 94.1 Å². The van der Waals surface area contributed by atoms with Gasteiger partial charge in [0.1, 0.15) is 6.33 Å². The number of aromatic nitrogens is 4. The van der Waals surface area contributed by atoms with Crippen LogP contribution in [-0.2, 0) is 0 Å². The lowest BCUT2D eigenvalue weighted by Gasteiger charge is -2.31. The van der Waals surface area contributed by atoms with Crippen LogP contribution in [0, 0.1) is 5.92 Å². The Morgan fingerprint density at radius 3 is 2.46 bits per heavy atom. The number of hydrogen-bond acceptors (Lipinski definition) is 6. The first-order chi connectivity index (χ1) is 12.7. The highest BCUT2D eigenvalue weighted by Gasteiger charge is 2.29. The molecule has 0 radical (unpaired) electrons. The molecule has 0 atom stereocenters. The lowest BCUT2D eigenvalue weighted by molar-refractivity contribution is 0.0643. The summed E-state index contributed by atoms with van der Waals surface area (Å²) in [6.45, 7) is 1.12. The first kappa shape index (κ1) is 16.2. The van der Waals surface area contributed by atoms with E-state index in [1.54, 1.807) is 41.3 Å². The molecule has 0 bridgehead atoms. The van der Waals surface area contributed by atoms with Gasteiger partial charge in [-0.15, -0.1) is 5.10 Å². The molecule has 3 heterocycles. The van der Waals surface area contributed by atoms with Crippen LogP contribution >= 0.6 is 0 Å². The number of hydrogen-bond donors (Lipinski definition) is 0. The molecule has 0 unspecified atom stereocenters. The van der Waals surface area contributed by atoms with E-state index in [1.165, 1.54) is 17.3 Å². The molecule has 3 aromatic rings. The fourth-order valence-electron chi connectivity index (χ4n) is 3.18. The van der Waals surface area contributed by atoms with E-state index in [0.717, 1.165) is 5.69 Å². The van der Waals surface area contributed by atoms with Gasteiger partial charge in [0, 0.05) is 24.6 Å². The number of carbonyl (C=O) groups excluding carboxylic acids is 2. The SMILES string of the molecule is O=C(c1ccco1)C1CCN(C(=O)c2ccc(-n3cnnn3)cc2)CC1. The van der Waals surface area contributed by atoms with E-state index in [1.807, 2.05) is 0 Å². The Morgan fingerprint density at radius 1 is 1.08 bits per heavy atom. The number of tetrazole rings is 1. The zero-order valence-corrected chi connectivity index (χ0v) is 14.0. The van der Waals surface area contributed by atoms with Crippen molar-refractivity contribution in [1.29, 1.82) is 0 Å². The van der Waals surface area contributed by atoms with Crippen LogP contribution in [0.3, 0.4) is 0 Å². The number of benzene rings is 1. The highest BCUT2D eigenvalue weighted by atomic mass is 16.3. The third-order valence-electron chi connectivity index (χ3n) is 4.64. The molecule has 1 saturated heterocycles. The molecule has 1 aliphatic rings. The van der Waals surface area contributed by atoms with Crippen molar-refractivity contribution < 1.29 is 14.0 Å². The van der Waals surface area contributed by atoms with Crippen LogP contribution in [0.15, 0.2) is 53.4 Å². The summed E-state index contributed by atoms with van der Waals surface area (Å²) in [4.78, 5) is 26.8. The van der Waals surface area contributed by atoms with Crippen molar-refractivity contribution in [3.8, 4) is 5.69 Å². The second-order valence-electron chi connectivity index (χ2n) is 6.21. The maximum Gasteiger partial charge on any atom is 0.253 e. The lowest BCUT2D eigenvalue weighted by atomic mass is 9.91. The lowest BCUT2D eigenvalue weighted by Crippen LogP contribution is -2.40. The van der Waals surface area contributed by atoms with Gasteiger partial charge in [-0.3, -0.25) is 9.59 Å². The molecular weight excluding hydrogens is 334 g/mol. The Hall–Kier alpha value is -3.29. The molecule has 0 spiro atoms. The van der Waals surface area contributed by atoms with Gasteiger partial charge in [-0.1, -0.05) is 0 Å². The van der Waals surface area contributed by atoms with Crippen molar-refractivity contribution in [3.63, 3.8) is 0 Å². The second-order valence-corrected chi connectivity index (χ2v) is 6.21. The molecule has 1 fully saturated rings. The highest BCUT2D eigenvalue weighted by molar-refractivity contribution is 5.96. The standard InChI is InChI=1S/C18H17N5O3/c24-17(16-2-1-11-26-16)13-7-9-22(10-8-13)18(25)14-3-5-15(6-4-14)23-12-19-20-21-23/h1-6,11-13H,7-10H2. The third kappa shape index (κ3) is 3.13. The van der Waals surface area contributed by atoms with Crippen LogP contribution < -0.4 is 0 Å². The van der Waals surface area contributed by atoms with Crippen LogP contribution in [0.1, 0.15) is 33.8 Å². The molecular formula is C18H17N5O3. The van der Waals surface area contributed by atoms with Crippen molar-refractivity contribution >= 4 is 11.7 Å². The van der Waals surface area contributed by atoms with E-state index in [-0.39, 0.29) is 17.6 Å². The van der Waals surface area contributed by atoms with Crippen LogP contribution in [0.5, 0.6) is 0 Å². The molecule has 1 aromatic carbocycles. The molecule has 4 rings (SSSR count). The monoisotopic (exact) mass is 351 g/mol. The van der Waals surface area contributed by atoms with Crippen molar-refractivity contribution in [2.75, 3.05) is 13.1 Å². The summed E-state index contributed by atoms with van der Waals surface area (Å²) < 4.78 is 6.72. The quantitative estimate of drug-likeness (QED) is 0.667. The van der Waals surface area contributed by atoms with E-state index < -0.39 is 0 Å². The van der Waals surface area contributed by atoms with Gasteiger partial charge in [-0.05, 0) is 59.7 Å². The number of nitrogens with zero attached hydrogens (tertiary/aromatic N) is 5. The zero-order valence-electron chi connectivity index (χ0n) is 14.0. The Labute approximate surface area is 149 Å². The molecule has 1 amide bonds. The van der Waals surface area contributed by atoms with E-state index in [9.17, 15) is 9.59 Å². The number of amides is 1. The maximum atomic E-state index is 12.7. The van der Waals surface area contributed by atoms with Crippen molar-refractivity contribution in [1.82, 2.24) is 25.1 Å². The average molecular weight is 351 g/mol. The molecule has 8 heteroatoms. The van der Waals surface area contributed by atoms with Gasteiger partial charge < -0.3 is 9.32 Å². The Kier molecular flexibility index (Phi) is 4.30. The number of likely N-dealkylation sites (tertiary alicyclic amines) is 1. The average Bonchev–Trinajstić information content (AvgIpc) is 3.41. The largest absolute Gasteiger partial charge is 0.461 e. The summed E-state index contributed by atoms with van der Waals surface area (Å²) in [5.41, 5.74) is 1.40. The van der Waals surface area contributed by atoms with Crippen molar-refractivity contribution in [2.24, 2.45) is 5.92 Å². The molecule has 1 aliphatic heterocycles. The second kappa shape index (κ2) is 6.91. The Balaban J connectivity index is 1.38. The van der Waals surface area contributed by atoms with Crippen molar-refractivity contribution in [2.45, 2.75) is 12.8 Å². The Bertz CT molecular complexity index is 880. The van der Waals surface area contributed by atoms with E-state index in [4.69, 9.17) is 4.42 Å². The molecule has 26 heavy (non-hydrogen) atoms. The van der Waals surface area contributed by atoms with Gasteiger partial charge in [-0.25, -0.2) is 4.68 Å². The smallest absolute Gasteiger partial charge is 0.253 e. The molecule has 0 N–H and O–H groups in total. The predicted molar refractivity (Wildman–Crippen MR) is 90.8 cm³/mol. The van der Waals surface area contributed by atoms with Gasteiger partial charge in [-0.2, -0.15) is 0 Å². The first-order valence-electron chi connectivity index (χ1n) is 8.43. The minimum atomic E-state index is -0.0904. The minimum Gasteiger partial charge on any atom is -0.461 e. The number of furan rings is 1. The van der Waals surface area contributed by atoms with Gasteiger partial charge >= 0.3 is 0 Å². The number of ketones is 1. The summed E-state index contributed by atoms with van der Waals surface area (Å²) in [6, 6.07) is 10.5. The van der Waals surface area contributed by atoms with Gasteiger partial charge in [0.2, 0.25) is 5.78 Å². The number of piperidine rings is 1. The van der Waals surface area contributed by atoms with Crippen LogP contribution in [0.4, 0.5) is 0 Å². The van der Waals surface area contributed by atoms with Crippen LogP contribution in [0.2, 0.25) is 0 Å². The predicted octanol–water partition coefficient (Wildman–Crippen LogP) is 1.99. The zero-order chi connectivity index (χ0) is 17.9. The summed E-state index contributed by atoms with van der Waals surface area (Å²) in [5, 5.41) is 11.0. The maximum absolute atomic E-state index is 12.7. The molecule has 2 aromatic heterocycles. The number of rotatable bonds is 4. The normalized spacial score (nSPS) is 15.2. The van der Waals surface area contributed by atoms with Gasteiger partial charge in [0.05, 0.1) is 12.0 Å². The summed E-state index contributed by atoms with van der Waals surface area (Å²) in [5.74, 6) is 0.297. The van der Waals surface area contributed by atoms with Crippen LogP contribution in [-0.4, -0.2) is 49.9 Å². The van der Waals surface area contributed by atoms with E-state index >= 15 is 0 Å². The fraction of sp³-hybridized carbons (Fsp3) is 0.278. The fourth-order valence-corrected chi connectivity index (χ4v) is 3.18. The third-order valence-corrected chi connectivity index (χ3v) is 4.64. The summed E-state index contributed by atoms with van der Waals surface area (Å²) >= 11 is 0. The minimum absolute atomic E-state index is 0.0212. The summed E-state index contributed by atoms with van der Waals surface area (Å²) in [6.07, 6.45) is 4.30. The van der Waals surface area contributed by atoms with Crippen molar-refractivity contribution in [3.05, 3.63) is 60.3 Å². The molecule has 8 nitrogen and oxygen atoms in total. The number of Topliss-reactive ketones (excluding diaryl/α,β-unsaturated/α-hetero) is 1. The molecule has 0 saturated carbocycles. The van der Waals surface area contributed by atoms with Gasteiger partial charge in [0.25, 0.3) is 5.91 Å². The number of carbonyl (C=O) groups is 2. The van der Waals surface area contributed by atoms with E-state index in [0.29, 0.717) is 37.3 Å². The first-order valence-corrected chi connectivity index (χ1v) is 8.43. The van der Waals surface area contributed by atoms with Gasteiger partial charge in [0.15, 0.2) is 5.76 Å². The Morgan fingerprint density at radius 2 is 1.85 bits per heavy atom. The van der Waals surface area contributed by atoms with Crippen LogP contribution in [0.25, 0.3) is 5.69 Å². The summed E-state index contributed by atoms with van der Waals surface area (Å²) in [7, 11) is 0. The van der Waals surface area contributed by atoms with E-state index in [2.05, 4.69) is 15.5 Å². The highest BCUT2D eigenvalue weighted by Crippen LogP contribution is 2.23. The molecule has 0 aliphatic carbocycles.